The van der Waals surface area contributed by atoms with Crippen molar-refractivity contribution < 1.29 is 33.3 Å². The predicted molar refractivity (Wildman–Crippen MR) is 174 cm³/mol. The van der Waals surface area contributed by atoms with Gasteiger partial charge in [0, 0.05) is 22.6 Å². The van der Waals surface area contributed by atoms with E-state index in [0.717, 1.165) is 22.4 Å². The van der Waals surface area contributed by atoms with Gasteiger partial charge in [-0.25, -0.2) is 9.59 Å². The maximum Gasteiger partial charge on any atom is 0.412 e. The second-order valence-corrected chi connectivity index (χ2v) is 13.4. The van der Waals surface area contributed by atoms with Gasteiger partial charge in [-0.05, 0) is 103 Å². The molecule has 3 aromatic carbocycles. The Hall–Kier alpha value is -4.44. The van der Waals surface area contributed by atoms with Crippen molar-refractivity contribution in [2.45, 2.75) is 77.7 Å². The fourth-order valence-corrected chi connectivity index (χ4v) is 6.11. The molecule has 2 heterocycles. The molecular weight excluding hydrogens is 574 g/mol. The van der Waals surface area contributed by atoms with Crippen LogP contribution in [-0.4, -0.2) is 50.4 Å². The average Bonchev–Trinajstić information content (AvgIpc) is 3.47. The molecule has 1 saturated heterocycles. The summed E-state index contributed by atoms with van der Waals surface area (Å²) < 4.78 is 29.4. The van der Waals surface area contributed by atoms with Gasteiger partial charge in [0.05, 0.1) is 31.9 Å². The smallest absolute Gasteiger partial charge is 0.412 e. The molecular formula is C35H43N3O7. The summed E-state index contributed by atoms with van der Waals surface area (Å²) in [5.74, 6) is 1.27. The third kappa shape index (κ3) is 6.38. The summed E-state index contributed by atoms with van der Waals surface area (Å²) in [6.07, 6.45) is -0.930. The van der Waals surface area contributed by atoms with Gasteiger partial charge in [-0.15, -0.1) is 0 Å². The molecule has 10 heteroatoms. The molecule has 1 fully saturated rings. The Morgan fingerprint density at radius 3 is 1.93 bits per heavy atom. The molecule has 3 aromatic rings. The zero-order valence-electron chi connectivity index (χ0n) is 27.5. The topological polar surface area (TPSA) is 108 Å². The van der Waals surface area contributed by atoms with Crippen LogP contribution in [-0.2, 0) is 19.6 Å². The summed E-state index contributed by atoms with van der Waals surface area (Å²) in [7, 11) is 3.25. The minimum atomic E-state index is -0.669. The third-order valence-corrected chi connectivity index (χ3v) is 7.73. The van der Waals surface area contributed by atoms with E-state index < -0.39 is 35.0 Å². The van der Waals surface area contributed by atoms with Crippen LogP contribution in [0.15, 0.2) is 54.6 Å². The third-order valence-electron chi connectivity index (χ3n) is 7.73. The van der Waals surface area contributed by atoms with Crippen molar-refractivity contribution >= 4 is 34.9 Å². The molecule has 0 radical (unpaired) electrons. The van der Waals surface area contributed by atoms with Crippen LogP contribution in [0.25, 0.3) is 0 Å². The van der Waals surface area contributed by atoms with E-state index >= 15 is 0 Å². The number of hydrogen-bond donors (Lipinski definition) is 2. The number of carbonyl (C=O) groups is 2. The zero-order valence-corrected chi connectivity index (χ0v) is 27.5. The fourth-order valence-electron chi connectivity index (χ4n) is 6.11. The molecule has 2 aliphatic rings. The molecule has 0 spiro atoms. The number of benzene rings is 3. The molecule has 5 rings (SSSR count). The number of methoxy groups -OCH3 is 2. The highest BCUT2D eigenvalue weighted by molar-refractivity contribution is 5.89. The van der Waals surface area contributed by atoms with E-state index in [1.165, 1.54) is 0 Å². The molecule has 10 nitrogen and oxygen atoms in total. The Morgan fingerprint density at radius 1 is 0.778 bits per heavy atom. The summed E-state index contributed by atoms with van der Waals surface area (Å²) in [6, 6.07) is 17.4. The molecule has 2 amide bonds. The van der Waals surface area contributed by atoms with Crippen LogP contribution in [0.3, 0.4) is 0 Å². The van der Waals surface area contributed by atoms with Crippen molar-refractivity contribution in [1.29, 1.82) is 0 Å². The molecule has 2 N–H and O–H groups in total. The molecule has 1 unspecified atom stereocenters. The fraction of sp³-hybridized carbons (Fsp3) is 0.429. The molecule has 0 saturated carbocycles. The zero-order chi connectivity index (χ0) is 32.7. The van der Waals surface area contributed by atoms with Gasteiger partial charge in [0.25, 0.3) is 0 Å². The van der Waals surface area contributed by atoms with Crippen molar-refractivity contribution in [3.05, 3.63) is 71.3 Å². The first-order valence-electron chi connectivity index (χ1n) is 15.0. The van der Waals surface area contributed by atoms with Crippen LogP contribution in [0, 0.1) is 6.92 Å². The Labute approximate surface area is 264 Å². The van der Waals surface area contributed by atoms with Crippen molar-refractivity contribution in [3.63, 3.8) is 0 Å². The van der Waals surface area contributed by atoms with E-state index in [2.05, 4.69) is 40.7 Å². The number of hydrogen-bond acceptors (Lipinski definition) is 8. The number of fused-ring (bicyclic) bond motifs is 3. The lowest BCUT2D eigenvalue weighted by Gasteiger charge is -2.34. The van der Waals surface area contributed by atoms with Crippen LogP contribution < -0.4 is 25.0 Å². The van der Waals surface area contributed by atoms with Crippen molar-refractivity contribution in [3.8, 4) is 11.5 Å². The summed E-state index contributed by atoms with van der Waals surface area (Å²) in [5.41, 5.74) is 3.85. The van der Waals surface area contributed by atoms with Gasteiger partial charge in [0.15, 0.2) is 0 Å². The molecule has 0 bridgehead atoms. The number of amides is 2. The van der Waals surface area contributed by atoms with E-state index in [1.54, 1.807) is 26.4 Å². The second kappa shape index (κ2) is 11.8. The Morgan fingerprint density at radius 2 is 1.36 bits per heavy atom. The standard InChI is InChI=1S/C35H43N3O7/c1-21-10-13-26-24(18-21)35(25-19-22(11-14-28(25)41-8)36-31(39)44-33(2,3)4)16-17-43-30(35)38(26)27-20-23(12-15-29(27)42-9)37-32(40)45-34(5,6)7/h10-15,18-20,30H,16-17H2,1-9H3,(H,36,39)(H,37,40)/t30?,35-/m1/s1. The molecule has 240 valence electrons. The van der Waals surface area contributed by atoms with E-state index in [0.29, 0.717) is 41.6 Å². The Bertz CT molecular complexity index is 1610. The highest BCUT2D eigenvalue weighted by Gasteiger charge is 2.58. The van der Waals surface area contributed by atoms with Crippen molar-refractivity contribution in [2.75, 3.05) is 36.4 Å². The van der Waals surface area contributed by atoms with Crippen LogP contribution in [0.2, 0.25) is 0 Å². The minimum Gasteiger partial charge on any atom is -0.496 e. The van der Waals surface area contributed by atoms with Crippen LogP contribution >= 0.6 is 0 Å². The van der Waals surface area contributed by atoms with Gasteiger partial charge in [0.1, 0.15) is 28.9 Å². The SMILES string of the molecule is COc1ccc(NC(=O)OC(C)(C)C)cc1N1c2ccc(C)cc2[C@@]2(c3cc(NC(=O)OC(C)(C)C)ccc3OC)CCOC12. The van der Waals surface area contributed by atoms with E-state index in [-0.39, 0.29) is 0 Å². The monoisotopic (exact) mass is 617 g/mol. The number of ether oxygens (including phenoxy) is 5. The van der Waals surface area contributed by atoms with Crippen LogP contribution in [0.1, 0.15) is 64.7 Å². The van der Waals surface area contributed by atoms with Gasteiger partial charge >= 0.3 is 12.2 Å². The summed E-state index contributed by atoms with van der Waals surface area (Å²) in [5, 5.41) is 5.74. The van der Waals surface area contributed by atoms with Crippen LogP contribution in [0.5, 0.6) is 11.5 Å². The quantitative estimate of drug-likeness (QED) is 0.288. The lowest BCUT2D eigenvalue weighted by atomic mass is 9.72. The number of nitrogens with one attached hydrogen (secondary N) is 2. The molecule has 2 atom stereocenters. The van der Waals surface area contributed by atoms with Gasteiger partial charge in [-0.1, -0.05) is 17.7 Å². The molecule has 45 heavy (non-hydrogen) atoms. The maximum absolute atomic E-state index is 12.7. The molecule has 0 aliphatic carbocycles. The first-order chi connectivity index (χ1) is 21.1. The van der Waals surface area contributed by atoms with Crippen molar-refractivity contribution in [1.82, 2.24) is 0 Å². The van der Waals surface area contributed by atoms with E-state index in [1.807, 2.05) is 65.8 Å². The molecule has 2 aliphatic heterocycles. The van der Waals surface area contributed by atoms with Crippen molar-refractivity contribution in [2.24, 2.45) is 0 Å². The summed E-state index contributed by atoms with van der Waals surface area (Å²) >= 11 is 0. The summed E-state index contributed by atoms with van der Waals surface area (Å²) in [4.78, 5) is 27.5. The minimum absolute atomic E-state index is 0.486. The highest BCUT2D eigenvalue weighted by Crippen LogP contribution is 2.60. The van der Waals surface area contributed by atoms with Gasteiger partial charge in [0.2, 0.25) is 0 Å². The lowest BCUT2D eigenvalue weighted by molar-refractivity contribution is 0.0624. The second-order valence-electron chi connectivity index (χ2n) is 13.4. The highest BCUT2D eigenvalue weighted by atomic mass is 16.6. The normalized spacial score (nSPS) is 19.0. The maximum atomic E-state index is 12.7. The Balaban J connectivity index is 1.63. The molecule has 0 aromatic heterocycles. The number of rotatable bonds is 6. The summed E-state index contributed by atoms with van der Waals surface area (Å²) in [6.45, 7) is 13.5. The lowest BCUT2D eigenvalue weighted by Crippen LogP contribution is -2.41. The number of carbonyl (C=O) groups excluding carboxylic acids is 2. The predicted octanol–water partition coefficient (Wildman–Crippen LogP) is 7.89. The largest absolute Gasteiger partial charge is 0.496 e. The first-order valence-corrected chi connectivity index (χ1v) is 15.0. The number of nitrogens with zero attached hydrogens (tertiary/aromatic N) is 1. The van der Waals surface area contributed by atoms with E-state index in [9.17, 15) is 9.59 Å². The van der Waals surface area contributed by atoms with Gasteiger partial charge in [-0.2, -0.15) is 0 Å². The van der Waals surface area contributed by atoms with E-state index in [4.69, 9.17) is 23.7 Å². The van der Waals surface area contributed by atoms with Crippen LogP contribution in [0.4, 0.5) is 32.3 Å². The average molecular weight is 618 g/mol. The van der Waals surface area contributed by atoms with Gasteiger partial charge in [-0.3, -0.25) is 10.6 Å². The first kappa shape index (κ1) is 32.0. The van der Waals surface area contributed by atoms with Gasteiger partial charge < -0.3 is 28.6 Å². The number of anilines is 4. The Kier molecular flexibility index (Phi) is 8.39. The number of aryl methyl sites for hydroxylation is 1.